The van der Waals surface area contributed by atoms with Gasteiger partial charge in [0.05, 0.1) is 19.1 Å². The van der Waals surface area contributed by atoms with Crippen LogP contribution < -0.4 is 15.5 Å². The number of aromatic nitrogens is 2. The monoisotopic (exact) mass is 543 g/mol. The molecule has 0 aliphatic rings. The van der Waals surface area contributed by atoms with Gasteiger partial charge in [-0.15, -0.1) is 0 Å². The molecule has 2 heterocycles. The lowest BCUT2D eigenvalue weighted by Gasteiger charge is -2.18. The van der Waals surface area contributed by atoms with Crippen LogP contribution in [-0.2, 0) is 14.3 Å². The highest BCUT2D eigenvalue weighted by molar-refractivity contribution is 5.96. The molecule has 0 saturated carbocycles. The summed E-state index contributed by atoms with van der Waals surface area (Å²) in [6.45, 7) is 3.90. The zero-order valence-corrected chi connectivity index (χ0v) is 23.0. The van der Waals surface area contributed by atoms with Crippen molar-refractivity contribution < 1.29 is 24.2 Å². The van der Waals surface area contributed by atoms with Gasteiger partial charge in [-0.2, -0.15) is 0 Å². The van der Waals surface area contributed by atoms with Crippen LogP contribution in [0.2, 0.25) is 0 Å². The lowest BCUT2D eigenvalue weighted by Crippen LogP contribution is -2.30. The minimum absolute atomic E-state index is 0.0555. The van der Waals surface area contributed by atoms with Gasteiger partial charge in [0, 0.05) is 37.1 Å². The Labute approximate surface area is 232 Å². The van der Waals surface area contributed by atoms with Crippen molar-refractivity contribution in [3.05, 3.63) is 83.6 Å². The highest BCUT2D eigenvalue weighted by Crippen LogP contribution is 2.30. The molecular weight excluding hydrogens is 510 g/mol. The number of aliphatic carboxylic acids is 1. The highest BCUT2D eigenvalue weighted by Gasteiger charge is 2.21. The van der Waals surface area contributed by atoms with E-state index in [2.05, 4.69) is 10.6 Å². The third-order valence-electron chi connectivity index (χ3n) is 6.41. The molecule has 4 aromatic rings. The number of carboxylic acid groups (broad SMARTS) is 1. The maximum absolute atomic E-state index is 13.2. The average molecular weight is 544 g/mol. The third-order valence-corrected chi connectivity index (χ3v) is 6.41. The van der Waals surface area contributed by atoms with E-state index >= 15 is 0 Å². The van der Waals surface area contributed by atoms with Crippen LogP contribution in [0.3, 0.4) is 0 Å². The maximum Gasteiger partial charge on any atom is 0.325 e. The molecule has 4 rings (SSSR count). The van der Waals surface area contributed by atoms with Crippen molar-refractivity contribution in [1.29, 1.82) is 0 Å². The summed E-state index contributed by atoms with van der Waals surface area (Å²) in [5.74, 6) is -1.26. The van der Waals surface area contributed by atoms with Crippen molar-refractivity contribution >= 4 is 35.0 Å². The number of esters is 1. The molecule has 10 nitrogen and oxygen atoms in total. The number of benzene rings is 2. The van der Waals surface area contributed by atoms with E-state index in [4.69, 9.17) is 9.72 Å². The van der Waals surface area contributed by atoms with E-state index in [1.165, 1.54) is 0 Å². The van der Waals surface area contributed by atoms with Gasteiger partial charge in [-0.05, 0) is 43.7 Å². The van der Waals surface area contributed by atoms with Crippen molar-refractivity contribution in [3.63, 3.8) is 0 Å². The highest BCUT2D eigenvalue weighted by atomic mass is 16.5. The fourth-order valence-electron chi connectivity index (χ4n) is 4.31. The number of aryl methyl sites for hydroxylation is 1. The summed E-state index contributed by atoms with van der Waals surface area (Å²) in [5, 5.41) is 15.4. The molecule has 0 bridgehead atoms. The van der Waals surface area contributed by atoms with Crippen LogP contribution in [0.1, 0.15) is 40.9 Å². The number of carboxylic acids is 1. The van der Waals surface area contributed by atoms with E-state index in [0.717, 1.165) is 16.8 Å². The van der Waals surface area contributed by atoms with Crippen LogP contribution in [0.4, 0.5) is 11.5 Å². The Bertz CT molecular complexity index is 1510. The van der Waals surface area contributed by atoms with Crippen molar-refractivity contribution in [2.24, 2.45) is 0 Å². The minimum atomic E-state index is -1.02. The van der Waals surface area contributed by atoms with Crippen molar-refractivity contribution in [2.45, 2.75) is 26.3 Å². The van der Waals surface area contributed by atoms with Gasteiger partial charge in [0.15, 0.2) is 0 Å². The lowest BCUT2D eigenvalue weighted by atomic mass is 10.0. The molecular formula is C30H33N5O5. The fourth-order valence-corrected chi connectivity index (χ4v) is 4.31. The molecule has 1 amide bonds. The van der Waals surface area contributed by atoms with Crippen LogP contribution in [-0.4, -0.2) is 59.6 Å². The minimum Gasteiger partial charge on any atom is -0.481 e. The SMILES string of the molecule is CCOC(=O)CNc1c(-c2ccc(N(C)C)cc2)nc2cc(C(=O)NC(CC(=O)O)c3ccc(C)cc3)ccn12. The summed E-state index contributed by atoms with van der Waals surface area (Å²) < 4.78 is 6.83. The first-order valence-corrected chi connectivity index (χ1v) is 12.9. The summed E-state index contributed by atoms with van der Waals surface area (Å²) in [7, 11) is 3.91. The first kappa shape index (κ1) is 28.2. The molecule has 0 aliphatic carbocycles. The van der Waals surface area contributed by atoms with Crippen LogP contribution in [0.25, 0.3) is 16.9 Å². The maximum atomic E-state index is 13.2. The third kappa shape index (κ3) is 6.58. The lowest BCUT2D eigenvalue weighted by molar-refractivity contribution is -0.141. The van der Waals surface area contributed by atoms with Crippen LogP contribution in [0.5, 0.6) is 0 Å². The largest absolute Gasteiger partial charge is 0.481 e. The van der Waals surface area contributed by atoms with Gasteiger partial charge in [-0.1, -0.05) is 42.0 Å². The Morgan fingerprint density at radius 1 is 1.05 bits per heavy atom. The fraction of sp³-hybridized carbons (Fsp3) is 0.267. The molecule has 40 heavy (non-hydrogen) atoms. The van der Waals surface area contributed by atoms with Gasteiger partial charge in [-0.3, -0.25) is 18.8 Å². The van der Waals surface area contributed by atoms with Crippen LogP contribution >= 0.6 is 0 Å². The molecule has 0 radical (unpaired) electrons. The molecule has 0 spiro atoms. The molecule has 1 atom stereocenters. The molecule has 10 heteroatoms. The van der Waals surface area contributed by atoms with Gasteiger partial charge in [0.2, 0.25) is 0 Å². The Balaban J connectivity index is 1.68. The number of anilines is 2. The number of hydrogen-bond donors (Lipinski definition) is 3. The Morgan fingerprint density at radius 3 is 2.38 bits per heavy atom. The number of nitrogens with zero attached hydrogens (tertiary/aromatic N) is 3. The van der Waals surface area contributed by atoms with Crippen molar-refractivity contribution in [2.75, 3.05) is 37.5 Å². The van der Waals surface area contributed by atoms with E-state index in [1.54, 1.807) is 29.7 Å². The predicted molar refractivity (Wildman–Crippen MR) is 154 cm³/mol. The number of carbonyl (C=O) groups excluding carboxylic acids is 2. The summed E-state index contributed by atoms with van der Waals surface area (Å²) >= 11 is 0. The summed E-state index contributed by atoms with van der Waals surface area (Å²) in [5.41, 5.74) is 5.01. The average Bonchev–Trinajstić information content (AvgIpc) is 3.29. The van der Waals surface area contributed by atoms with Gasteiger partial charge in [-0.25, -0.2) is 4.98 Å². The second-order valence-electron chi connectivity index (χ2n) is 9.59. The van der Waals surface area contributed by atoms with E-state index in [9.17, 15) is 19.5 Å². The molecule has 0 saturated heterocycles. The van der Waals surface area contributed by atoms with Crippen molar-refractivity contribution in [3.8, 4) is 11.3 Å². The first-order chi connectivity index (χ1) is 19.2. The smallest absolute Gasteiger partial charge is 0.325 e. The first-order valence-electron chi connectivity index (χ1n) is 12.9. The summed E-state index contributed by atoms with van der Waals surface area (Å²) in [4.78, 5) is 43.6. The molecule has 2 aromatic carbocycles. The molecule has 1 unspecified atom stereocenters. The Kier molecular flexibility index (Phi) is 8.68. The second-order valence-corrected chi connectivity index (χ2v) is 9.59. The molecule has 0 aliphatic heterocycles. The zero-order valence-electron chi connectivity index (χ0n) is 23.0. The number of nitrogens with one attached hydrogen (secondary N) is 2. The predicted octanol–water partition coefficient (Wildman–Crippen LogP) is 4.30. The van der Waals surface area contributed by atoms with E-state index in [1.807, 2.05) is 74.4 Å². The number of carbonyl (C=O) groups is 3. The summed E-state index contributed by atoms with van der Waals surface area (Å²) in [6, 6.07) is 17.8. The Morgan fingerprint density at radius 2 is 1.75 bits per heavy atom. The number of ether oxygens (including phenoxy) is 1. The molecule has 208 valence electrons. The topological polar surface area (TPSA) is 125 Å². The van der Waals surface area contributed by atoms with Gasteiger partial charge in [0.25, 0.3) is 5.91 Å². The van der Waals surface area contributed by atoms with E-state index < -0.39 is 23.9 Å². The normalized spacial score (nSPS) is 11.6. The van der Waals surface area contributed by atoms with Crippen molar-refractivity contribution in [1.82, 2.24) is 14.7 Å². The number of rotatable bonds is 11. The van der Waals surface area contributed by atoms with Crippen LogP contribution in [0, 0.1) is 6.92 Å². The van der Waals surface area contributed by atoms with Gasteiger partial charge < -0.3 is 25.4 Å². The number of hydrogen-bond acceptors (Lipinski definition) is 7. The van der Waals surface area contributed by atoms with E-state index in [0.29, 0.717) is 28.3 Å². The van der Waals surface area contributed by atoms with Gasteiger partial charge in [0.1, 0.15) is 23.7 Å². The second kappa shape index (κ2) is 12.3. The molecule has 0 fully saturated rings. The number of amides is 1. The number of pyridine rings is 1. The van der Waals surface area contributed by atoms with Crippen LogP contribution in [0.15, 0.2) is 66.9 Å². The quantitative estimate of drug-likeness (QED) is 0.239. The number of fused-ring (bicyclic) bond motifs is 1. The zero-order chi connectivity index (χ0) is 28.8. The Hall–Kier alpha value is -4.86. The van der Waals surface area contributed by atoms with E-state index in [-0.39, 0.29) is 19.6 Å². The van der Waals surface area contributed by atoms with Gasteiger partial charge >= 0.3 is 11.9 Å². The molecule has 3 N–H and O–H groups in total. The molecule has 2 aromatic heterocycles. The summed E-state index contributed by atoms with van der Waals surface area (Å²) in [6.07, 6.45) is 1.44. The standard InChI is InChI=1S/C30H33N5O5/c1-5-40-27(38)18-31-29-28(21-10-12-23(13-11-21)34(3)4)33-25-16-22(14-15-35(25)29)30(39)32-24(17-26(36)37)20-8-6-19(2)7-9-20/h6-16,24,31H,5,17-18H2,1-4H3,(H,32,39)(H,36,37). The number of imidazole rings is 1.